The summed E-state index contributed by atoms with van der Waals surface area (Å²) in [6, 6.07) is 15.5. The second-order valence-corrected chi connectivity index (χ2v) is 8.59. The number of benzene rings is 2. The lowest BCUT2D eigenvalue weighted by molar-refractivity contribution is 0.0953. The largest absolute Gasteiger partial charge is 0.495 e. The summed E-state index contributed by atoms with van der Waals surface area (Å²) in [5.41, 5.74) is 8.79. The van der Waals surface area contributed by atoms with E-state index in [1.54, 1.807) is 19.5 Å². The number of para-hydroxylation sites is 1. The van der Waals surface area contributed by atoms with Gasteiger partial charge >= 0.3 is 0 Å². The molecule has 5 rings (SSSR count). The fourth-order valence-corrected chi connectivity index (χ4v) is 4.49. The van der Waals surface area contributed by atoms with E-state index in [0.29, 0.717) is 18.7 Å². The summed E-state index contributed by atoms with van der Waals surface area (Å²) >= 11 is 0. The van der Waals surface area contributed by atoms with Gasteiger partial charge < -0.3 is 25.6 Å². The minimum Gasteiger partial charge on any atom is -0.495 e. The second kappa shape index (κ2) is 10.6. The van der Waals surface area contributed by atoms with Gasteiger partial charge in [-0.25, -0.2) is 14.6 Å². The number of anilines is 2. The Morgan fingerprint density at radius 3 is 2.58 bits per heavy atom. The Hall–Kier alpha value is -4.18. The zero-order chi connectivity index (χ0) is 24.9. The molecule has 1 aliphatic heterocycles. The maximum Gasteiger partial charge on any atom is 0.251 e. The van der Waals surface area contributed by atoms with Crippen molar-refractivity contribution in [2.24, 2.45) is 5.73 Å². The summed E-state index contributed by atoms with van der Waals surface area (Å²) in [4.78, 5) is 26.2. The number of carbonyl (C=O) groups excluding carboxylic acids is 1. The summed E-state index contributed by atoms with van der Waals surface area (Å²) in [6.45, 7) is 4.14. The van der Waals surface area contributed by atoms with Crippen molar-refractivity contribution in [3.8, 4) is 11.4 Å². The number of fused-ring (bicyclic) bond motifs is 1. The van der Waals surface area contributed by atoms with Crippen LogP contribution in [0.4, 0.5) is 11.5 Å². The highest BCUT2D eigenvalue weighted by Gasteiger charge is 2.24. The molecular weight excluding hydrogens is 456 g/mol. The lowest BCUT2D eigenvalue weighted by Crippen LogP contribution is -2.47. The molecule has 1 saturated heterocycles. The van der Waals surface area contributed by atoms with Crippen molar-refractivity contribution < 1.29 is 9.53 Å². The third-order valence-corrected chi connectivity index (χ3v) is 6.37. The zero-order valence-electron chi connectivity index (χ0n) is 20.3. The van der Waals surface area contributed by atoms with Crippen LogP contribution in [0.2, 0.25) is 0 Å². The molecule has 1 aliphatic rings. The van der Waals surface area contributed by atoms with Crippen LogP contribution in [0.25, 0.3) is 16.7 Å². The standard InChI is InChI=1S/C26H30N8O2/c1-36-23-9-8-19(26(35)28-11-5-10-27)16-22(23)32-12-14-33(15-13-32)24-21-17-31-34(25(21)30-18-29-24)20-6-3-2-4-7-20/h2-4,6-9,16-18H,5,10-15,27H2,1H3,(H,28,35). The molecule has 4 aromatic rings. The minimum absolute atomic E-state index is 0.107. The Morgan fingerprint density at radius 2 is 1.83 bits per heavy atom. The molecule has 2 aromatic heterocycles. The van der Waals surface area contributed by atoms with Crippen LogP contribution < -0.4 is 25.6 Å². The van der Waals surface area contributed by atoms with Crippen molar-refractivity contribution in [1.82, 2.24) is 25.1 Å². The van der Waals surface area contributed by atoms with Gasteiger partial charge in [0.2, 0.25) is 0 Å². The SMILES string of the molecule is COc1ccc(C(=O)NCCCN)cc1N1CCN(c2ncnc3c2cnn3-c2ccccc2)CC1. The molecule has 0 saturated carbocycles. The van der Waals surface area contributed by atoms with E-state index in [4.69, 9.17) is 10.5 Å². The van der Waals surface area contributed by atoms with Gasteiger partial charge in [-0.15, -0.1) is 0 Å². The number of hydrogen-bond donors (Lipinski definition) is 2. The van der Waals surface area contributed by atoms with Gasteiger partial charge in [0, 0.05) is 38.3 Å². The number of hydrogen-bond acceptors (Lipinski definition) is 8. The number of rotatable bonds is 8. The third kappa shape index (κ3) is 4.67. The third-order valence-electron chi connectivity index (χ3n) is 6.37. The van der Waals surface area contributed by atoms with Gasteiger partial charge in [-0.3, -0.25) is 4.79 Å². The molecule has 3 N–H and O–H groups in total. The van der Waals surface area contributed by atoms with Crippen molar-refractivity contribution in [2.45, 2.75) is 6.42 Å². The van der Waals surface area contributed by atoms with Gasteiger partial charge in [0.25, 0.3) is 5.91 Å². The maximum atomic E-state index is 12.6. The topological polar surface area (TPSA) is 114 Å². The molecule has 186 valence electrons. The van der Waals surface area contributed by atoms with E-state index in [-0.39, 0.29) is 5.91 Å². The van der Waals surface area contributed by atoms with Crippen LogP contribution in [0, 0.1) is 0 Å². The Kier molecular flexibility index (Phi) is 6.94. The smallest absolute Gasteiger partial charge is 0.251 e. The highest BCUT2D eigenvalue weighted by Crippen LogP contribution is 2.32. The number of piperazine rings is 1. The Bertz CT molecular complexity index is 1330. The van der Waals surface area contributed by atoms with E-state index < -0.39 is 0 Å². The van der Waals surface area contributed by atoms with Crippen molar-refractivity contribution in [2.75, 3.05) is 56.2 Å². The second-order valence-electron chi connectivity index (χ2n) is 8.59. The Morgan fingerprint density at radius 1 is 1.06 bits per heavy atom. The summed E-state index contributed by atoms with van der Waals surface area (Å²) in [6.07, 6.45) is 4.18. The first kappa shape index (κ1) is 23.6. The van der Waals surface area contributed by atoms with Crippen LogP contribution in [0.15, 0.2) is 61.1 Å². The molecule has 1 amide bonds. The highest BCUT2D eigenvalue weighted by molar-refractivity contribution is 5.95. The molecule has 0 aliphatic carbocycles. The molecule has 2 aromatic carbocycles. The molecule has 36 heavy (non-hydrogen) atoms. The first-order valence-corrected chi connectivity index (χ1v) is 12.1. The fourth-order valence-electron chi connectivity index (χ4n) is 4.49. The Labute approximate surface area is 209 Å². The van der Waals surface area contributed by atoms with Gasteiger partial charge in [-0.1, -0.05) is 18.2 Å². The molecule has 0 radical (unpaired) electrons. The van der Waals surface area contributed by atoms with Crippen LogP contribution in [0.3, 0.4) is 0 Å². The van der Waals surface area contributed by atoms with Crippen LogP contribution in [-0.2, 0) is 0 Å². The molecule has 0 atom stereocenters. The molecule has 0 bridgehead atoms. The van der Waals surface area contributed by atoms with Crippen molar-refractivity contribution in [1.29, 1.82) is 0 Å². The van der Waals surface area contributed by atoms with Gasteiger partial charge in [-0.05, 0) is 43.3 Å². The van der Waals surface area contributed by atoms with Crippen molar-refractivity contribution in [3.05, 3.63) is 66.6 Å². The molecule has 0 unspecified atom stereocenters. The molecule has 10 nitrogen and oxygen atoms in total. The number of nitrogens with one attached hydrogen (secondary N) is 1. The van der Waals surface area contributed by atoms with Crippen LogP contribution in [-0.4, -0.2) is 72.0 Å². The van der Waals surface area contributed by atoms with Crippen LogP contribution >= 0.6 is 0 Å². The van der Waals surface area contributed by atoms with Crippen LogP contribution in [0.5, 0.6) is 5.75 Å². The van der Waals surface area contributed by atoms with Gasteiger partial charge in [0.15, 0.2) is 5.65 Å². The minimum atomic E-state index is -0.107. The average molecular weight is 487 g/mol. The maximum absolute atomic E-state index is 12.6. The molecule has 0 spiro atoms. The number of nitrogens with two attached hydrogens (primary N) is 1. The van der Waals surface area contributed by atoms with E-state index in [1.165, 1.54) is 0 Å². The van der Waals surface area contributed by atoms with E-state index in [9.17, 15) is 4.79 Å². The zero-order valence-corrected chi connectivity index (χ0v) is 20.3. The van der Waals surface area contributed by atoms with E-state index >= 15 is 0 Å². The predicted octanol–water partition coefficient (Wildman–Crippen LogP) is 2.23. The van der Waals surface area contributed by atoms with E-state index in [2.05, 4.69) is 30.2 Å². The lowest BCUT2D eigenvalue weighted by atomic mass is 10.1. The monoisotopic (exact) mass is 486 g/mol. The first-order chi connectivity index (χ1) is 17.7. The van der Waals surface area contributed by atoms with E-state index in [1.807, 2.05) is 53.3 Å². The number of nitrogens with zero attached hydrogens (tertiary/aromatic N) is 6. The lowest BCUT2D eigenvalue weighted by Gasteiger charge is -2.37. The van der Waals surface area contributed by atoms with E-state index in [0.717, 1.165) is 66.6 Å². The summed E-state index contributed by atoms with van der Waals surface area (Å²) < 4.78 is 7.45. The normalized spacial score (nSPS) is 13.7. The number of carbonyl (C=O) groups is 1. The fraction of sp³-hybridized carbons (Fsp3) is 0.308. The number of aromatic nitrogens is 4. The highest BCUT2D eigenvalue weighted by atomic mass is 16.5. The number of methoxy groups -OCH3 is 1. The molecule has 1 fully saturated rings. The summed E-state index contributed by atoms with van der Waals surface area (Å²) in [5, 5.41) is 8.41. The predicted molar refractivity (Wildman–Crippen MR) is 140 cm³/mol. The number of amides is 1. The quantitative estimate of drug-likeness (QED) is 0.365. The summed E-state index contributed by atoms with van der Waals surface area (Å²) in [5.74, 6) is 1.52. The van der Waals surface area contributed by atoms with Gasteiger partial charge in [0.1, 0.15) is 17.9 Å². The van der Waals surface area contributed by atoms with Gasteiger partial charge in [-0.2, -0.15) is 5.10 Å². The average Bonchev–Trinajstić information content (AvgIpc) is 3.38. The van der Waals surface area contributed by atoms with Crippen molar-refractivity contribution >= 4 is 28.4 Å². The first-order valence-electron chi connectivity index (χ1n) is 12.1. The number of ether oxygens (including phenoxy) is 1. The molecular formula is C26H30N8O2. The van der Waals surface area contributed by atoms with Crippen molar-refractivity contribution in [3.63, 3.8) is 0 Å². The van der Waals surface area contributed by atoms with Gasteiger partial charge in [0.05, 0.1) is 30.1 Å². The summed E-state index contributed by atoms with van der Waals surface area (Å²) in [7, 11) is 1.65. The Balaban J connectivity index is 1.34. The molecule has 10 heteroatoms. The molecule has 3 heterocycles. The van der Waals surface area contributed by atoms with Crippen LogP contribution in [0.1, 0.15) is 16.8 Å².